The molecular weight excluding hydrogens is 356 g/mol. The van der Waals surface area contributed by atoms with Crippen LogP contribution in [0.5, 0.6) is 0 Å². The summed E-state index contributed by atoms with van der Waals surface area (Å²) in [5.74, 6) is 1.04. The quantitative estimate of drug-likeness (QED) is 0.642. The smallest absolute Gasteiger partial charge is 0.0326 e. The van der Waals surface area contributed by atoms with Crippen LogP contribution in [0, 0.1) is 0 Å². The SMILES string of the molecule is Brc1ccc(SCc2cc(Br)cs2)cc1. The average Bonchev–Trinajstić information content (AvgIpc) is 2.64. The van der Waals surface area contributed by atoms with Gasteiger partial charge in [-0.15, -0.1) is 23.1 Å². The van der Waals surface area contributed by atoms with Crippen LogP contribution in [0.3, 0.4) is 0 Å². The third-order valence-electron chi connectivity index (χ3n) is 1.82. The predicted octanol–water partition coefficient (Wildman–Crippen LogP) is 5.57. The van der Waals surface area contributed by atoms with Gasteiger partial charge in [-0.25, -0.2) is 0 Å². The van der Waals surface area contributed by atoms with Crippen LogP contribution in [0.15, 0.2) is 49.6 Å². The average molecular weight is 364 g/mol. The van der Waals surface area contributed by atoms with Gasteiger partial charge in [0, 0.05) is 29.9 Å². The highest BCUT2D eigenvalue weighted by atomic mass is 79.9. The van der Waals surface area contributed by atoms with Crippen molar-refractivity contribution < 1.29 is 0 Å². The van der Waals surface area contributed by atoms with Crippen molar-refractivity contribution in [3.8, 4) is 0 Å². The Morgan fingerprint density at radius 1 is 1.07 bits per heavy atom. The number of thiophene rings is 1. The van der Waals surface area contributed by atoms with E-state index < -0.39 is 0 Å². The van der Waals surface area contributed by atoms with E-state index >= 15 is 0 Å². The molecule has 0 saturated carbocycles. The molecule has 0 aliphatic rings. The molecule has 0 unspecified atom stereocenters. The maximum atomic E-state index is 3.46. The first-order valence-corrected chi connectivity index (χ1v) is 7.80. The topological polar surface area (TPSA) is 0 Å². The lowest BCUT2D eigenvalue weighted by molar-refractivity contribution is 1.42. The Labute approximate surface area is 114 Å². The number of thioether (sulfide) groups is 1. The summed E-state index contributed by atoms with van der Waals surface area (Å²) in [6.45, 7) is 0. The molecule has 15 heavy (non-hydrogen) atoms. The zero-order valence-corrected chi connectivity index (χ0v) is 12.5. The van der Waals surface area contributed by atoms with Crippen LogP contribution in [0.1, 0.15) is 4.88 Å². The number of hydrogen-bond donors (Lipinski definition) is 0. The molecule has 2 rings (SSSR count). The number of rotatable bonds is 3. The highest BCUT2D eigenvalue weighted by Crippen LogP contribution is 2.28. The Morgan fingerprint density at radius 2 is 1.80 bits per heavy atom. The second kappa shape index (κ2) is 5.53. The van der Waals surface area contributed by atoms with Crippen LogP contribution in [-0.4, -0.2) is 0 Å². The van der Waals surface area contributed by atoms with E-state index in [1.165, 1.54) is 14.2 Å². The molecule has 4 heteroatoms. The van der Waals surface area contributed by atoms with Crippen molar-refractivity contribution in [2.24, 2.45) is 0 Å². The maximum Gasteiger partial charge on any atom is 0.0326 e. The highest BCUT2D eigenvalue weighted by Gasteiger charge is 1.99. The fourth-order valence-corrected chi connectivity index (χ4v) is 3.78. The standard InChI is InChI=1S/C11H8Br2S2/c12-8-1-3-10(4-2-8)15-7-11-5-9(13)6-14-11/h1-6H,7H2. The van der Waals surface area contributed by atoms with Gasteiger partial charge < -0.3 is 0 Å². The first kappa shape index (κ1) is 11.7. The van der Waals surface area contributed by atoms with E-state index in [0.717, 1.165) is 10.2 Å². The van der Waals surface area contributed by atoms with Gasteiger partial charge in [0.2, 0.25) is 0 Å². The van der Waals surface area contributed by atoms with Gasteiger partial charge in [0.25, 0.3) is 0 Å². The fourth-order valence-electron chi connectivity index (χ4n) is 1.11. The molecular formula is C11H8Br2S2. The van der Waals surface area contributed by atoms with Crippen LogP contribution in [-0.2, 0) is 5.75 Å². The fraction of sp³-hybridized carbons (Fsp3) is 0.0909. The van der Waals surface area contributed by atoms with Crippen LogP contribution >= 0.6 is 55.0 Å². The molecule has 0 atom stereocenters. The summed E-state index contributed by atoms with van der Waals surface area (Å²) in [6.07, 6.45) is 0. The second-order valence-electron chi connectivity index (χ2n) is 2.97. The summed E-state index contributed by atoms with van der Waals surface area (Å²) in [7, 11) is 0. The molecule has 0 fully saturated rings. The van der Waals surface area contributed by atoms with Crippen molar-refractivity contribution in [3.63, 3.8) is 0 Å². The van der Waals surface area contributed by atoms with Gasteiger partial charge in [-0.05, 0) is 46.3 Å². The van der Waals surface area contributed by atoms with E-state index in [1.807, 2.05) is 11.8 Å². The minimum Gasteiger partial charge on any atom is -0.147 e. The van der Waals surface area contributed by atoms with E-state index in [0.29, 0.717) is 0 Å². The lowest BCUT2D eigenvalue weighted by Crippen LogP contribution is -1.74. The zero-order chi connectivity index (χ0) is 10.7. The van der Waals surface area contributed by atoms with Gasteiger partial charge in [0.15, 0.2) is 0 Å². The summed E-state index contributed by atoms with van der Waals surface area (Å²) in [5, 5.41) is 2.12. The Bertz CT molecular complexity index is 434. The summed E-state index contributed by atoms with van der Waals surface area (Å²) in [6, 6.07) is 10.6. The van der Waals surface area contributed by atoms with Crippen LogP contribution < -0.4 is 0 Å². The molecule has 0 N–H and O–H groups in total. The van der Waals surface area contributed by atoms with Gasteiger partial charge >= 0.3 is 0 Å². The van der Waals surface area contributed by atoms with Gasteiger partial charge in [-0.1, -0.05) is 15.9 Å². The second-order valence-corrected chi connectivity index (χ2v) is 6.85. The van der Waals surface area contributed by atoms with Crippen molar-refractivity contribution in [2.45, 2.75) is 10.6 Å². The van der Waals surface area contributed by atoms with Crippen molar-refractivity contribution in [1.29, 1.82) is 0 Å². The summed E-state index contributed by atoms with van der Waals surface area (Å²) in [5.41, 5.74) is 0. The highest BCUT2D eigenvalue weighted by molar-refractivity contribution is 9.10. The molecule has 0 aliphatic heterocycles. The van der Waals surface area contributed by atoms with Crippen molar-refractivity contribution in [2.75, 3.05) is 0 Å². The Balaban J connectivity index is 1.96. The minimum absolute atomic E-state index is 1.04. The first-order chi connectivity index (χ1) is 7.24. The molecule has 0 amide bonds. The molecule has 0 bridgehead atoms. The van der Waals surface area contributed by atoms with Gasteiger partial charge in [-0.3, -0.25) is 0 Å². The summed E-state index contributed by atoms with van der Waals surface area (Å²) < 4.78 is 2.31. The Morgan fingerprint density at radius 3 is 2.40 bits per heavy atom. The van der Waals surface area contributed by atoms with Crippen molar-refractivity contribution in [3.05, 3.63) is 49.5 Å². The maximum absolute atomic E-state index is 3.46. The van der Waals surface area contributed by atoms with Crippen molar-refractivity contribution in [1.82, 2.24) is 0 Å². The molecule has 0 saturated heterocycles. The largest absolute Gasteiger partial charge is 0.147 e. The summed E-state index contributed by atoms with van der Waals surface area (Å²) in [4.78, 5) is 2.71. The lowest BCUT2D eigenvalue weighted by atomic mass is 10.4. The third-order valence-corrected chi connectivity index (χ3v) is 5.29. The summed E-state index contributed by atoms with van der Waals surface area (Å²) >= 11 is 10.6. The normalized spacial score (nSPS) is 10.5. The molecule has 1 aromatic heterocycles. The van der Waals surface area contributed by atoms with E-state index in [-0.39, 0.29) is 0 Å². The number of benzene rings is 1. The molecule has 78 valence electrons. The number of halogens is 2. The predicted molar refractivity (Wildman–Crippen MR) is 75.7 cm³/mol. The van der Waals surface area contributed by atoms with E-state index in [4.69, 9.17) is 0 Å². The van der Waals surface area contributed by atoms with E-state index in [9.17, 15) is 0 Å². The van der Waals surface area contributed by atoms with Gasteiger partial charge in [-0.2, -0.15) is 0 Å². The van der Waals surface area contributed by atoms with Crippen LogP contribution in [0.25, 0.3) is 0 Å². The van der Waals surface area contributed by atoms with E-state index in [1.54, 1.807) is 11.3 Å². The van der Waals surface area contributed by atoms with Crippen LogP contribution in [0.2, 0.25) is 0 Å². The van der Waals surface area contributed by atoms with Crippen molar-refractivity contribution >= 4 is 55.0 Å². The Kier molecular flexibility index (Phi) is 4.31. The number of hydrogen-bond acceptors (Lipinski definition) is 2. The lowest BCUT2D eigenvalue weighted by Gasteiger charge is -1.99. The molecule has 0 radical (unpaired) electrons. The molecule has 0 aliphatic carbocycles. The van der Waals surface area contributed by atoms with E-state index in [2.05, 4.69) is 67.6 Å². The first-order valence-electron chi connectivity index (χ1n) is 4.35. The Hall–Kier alpha value is 0.230. The van der Waals surface area contributed by atoms with Gasteiger partial charge in [0.1, 0.15) is 0 Å². The monoisotopic (exact) mass is 362 g/mol. The molecule has 2 aromatic rings. The van der Waals surface area contributed by atoms with Gasteiger partial charge in [0.05, 0.1) is 0 Å². The molecule has 0 nitrogen and oxygen atoms in total. The molecule has 0 spiro atoms. The minimum atomic E-state index is 1.04. The zero-order valence-electron chi connectivity index (χ0n) is 7.74. The molecule has 1 aromatic carbocycles. The third kappa shape index (κ3) is 3.63. The molecule has 1 heterocycles. The van der Waals surface area contributed by atoms with Crippen LogP contribution in [0.4, 0.5) is 0 Å².